The summed E-state index contributed by atoms with van der Waals surface area (Å²) in [6.45, 7) is 3.53. The topological polar surface area (TPSA) is 156 Å². The molecular weight excluding hydrogens is 326 g/mol. The Kier molecular flexibility index (Phi) is 10.8. The highest BCUT2D eigenvalue weighted by Gasteiger charge is 2.15. The zero-order chi connectivity index (χ0) is 19.4. The smallest absolute Gasteiger partial charge is 0.322 e. The van der Waals surface area contributed by atoms with Crippen molar-refractivity contribution in [3.8, 4) is 0 Å². The summed E-state index contributed by atoms with van der Waals surface area (Å²) in [6.07, 6.45) is 0.946. The molecule has 1 rings (SSSR count). The zero-order valence-electron chi connectivity index (χ0n) is 14.5. The maximum atomic E-state index is 11.1. The number of carboxylic acids is 2. The van der Waals surface area contributed by atoms with Crippen molar-refractivity contribution in [2.24, 2.45) is 17.4 Å². The summed E-state index contributed by atoms with van der Waals surface area (Å²) in [5, 5.41) is 19.0. The van der Waals surface area contributed by atoms with Crippen LogP contribution in [0, 0.1) is 5.92 Å². The second-order valence-electron chi connectivity index (χ2n) is 5.98. The molecule has 1 amide bonds. The first-order valence-corrected chi connectivity index (χ1v) is 7.90. The van der Waals surface area contributed by atoms with E-state index in [9.17, 15) is 14.4 Å². The summed E-state index contributed by atoms with van der Waals surface area (Å²) in [6, 6.07) is 7.93. The van der Waals surface area contributed by atoms with Crippen molar-refractivity contribution in [2.45, 2.75) is 38.8 Å². The van der Waals surface area contributed by atoms with E-state index in [2.05, 4.69) is 5.32 Å². The van der Waals surface area contributed by atoms with E-state index in [4.69, 9.17) is 21.7 Å². The standard InChI is InChI=1S/C9H11NO2.C8H16N2O3/c10-8(9(11)12)6-7-4-2-1-3-5-7;1-5(2)3-6(9)8(13)10-4-7(11)12/h1-5,8H,6,10H2,(H,11,12);5-6H,3-4,9H2,1-2H3,(H,10,13)(H,11,12). The molecule has 1 aromatic carbocycles. The Labute approximate surface area is 147 Å². The predicted molar refractivity (Wildman–Crippen MR) is 93.8 cm³/mol. The van der Waals surface area contributed by atoms with Gasteiger partial charge in [0.1, 0.15) is 12.6 Å². The van der Waals surface area contributed by atoms with Crippen LogP contribution in [-0.2, 0) is 20.8 Å². The van der Waals surface area contributed by atoms with Gasteiger partial charge < -0.3 is 27.0 Å². The monoisotopic (exact) mass is 353 g/mol. The van der Waals surface area contributed by atoms with Crippen LogP contribution in [0.5, 0.6) is 0 Å². The highest BCUT2D eigenvalue weighted by Crippen LogP contribution is 2.02. The van der Waals surface area contributed by atoms with Crippen LogP contribution in [0.2, 0.25) is 0 Å². The molecule has 1 aromatic rings. The molecule has 2 atom stereocenters. The lowest BCUT2D eigenvalue weighted by Gasteiger charge is -2.12. The number of aliphatic carboxylic acids is 2. The van der Waals surface area contributed by atoms with E-state index in [0.29, 0.717) is 18.8 Å². The molecule has 0 aliphatic heterocycles. The maximum absolute atomic E-state index is 11.1. The molecule has 25 heavy (non-hydrogen) atoms. The molecule has 0 bridgehead atoms. The minimum Gasteiger partial charge on any atom is -0.480 e. The summed E-state index contributed by atoms with van der Waals surface area (Å²) >= 11 is 0. The molecule has 8 heteroatoms. The number of nitrogens with two attached hydrogens (primary N) is 2. The second-order valence-corrected chi connectivity index (χ2v) is 5.98. The van der Waals surface area contributed by atoms with Crippen molar-refractivity contribution in [1.82, 2.24) is 5.32 Å². The summed E-state index contributed by atoms with van der Waals surface area (Å²) in [4.78, 5) is 31.6. The van der Waals surface area contributed by atoms with Gasteiger partial charge >= 0.3 is 11.9 Å². The normalized spacial score (nSPS) is 12.5. The molecule has 0 aromatic heterocycles. The molecule has 0 saturated heterocycles. The van der Waals surface area contributed by atoms with E-state index in [0.717, 1.165) is 5.56 Å². The molecule has 0 radical (unpaired) electrons. The second kappa shape index (κ2) is 12.0. The lowest BCUT2D eigenvalue weighted by atomic mass is 10.0. The van der Waals surface area contributed by atoms with Crippen molar-refractivity contribution < 1.29 is 24.6 Å². The molecule has 0 aliphatic carbocycles. The molecule has 2 unspecified atom stereocenters. The van der Waals surface area contributed by atoms with Crippen molar-refractivity contribution in [1.29, 1.82) is 0 Å². The largest absolute Gasteiger partial charge is 0.480 e. The number of hydrogen-bond acceptors (Lipinski definition) is 5. The van der Waals surface area contributed by atoms with E-state index in [-0.39, 0.29) is 6.54 Å². The molecule has 0 fully saturated rings. The molecule has 0 aliphatic rings. The zero-order valence-corrected chi connectivity index (χ0v) is 14.5. The van der Waals surface area contributed by atoms with E-state index in [1.165, 1.54) is 0 Å². The van der Waals surface area contributed by atoms with Gasteiger partial charge in [-0.15, -0.1) is 0 Å². The van der Waals surface area contributed by atoms with Gasteiger partial charge in [0.15, 0.2) is 0 Å². The quantitative estimate of drug-likeness (QED) is 0.447. The number of nitrogens with one attached hydrogen (secondary N) is 1. The van der Waals surface area contributed by atoms with Crippen LogP contribution in [0.15, 0.2) is 30.3 Å². The third-order valence-electron chi connectivity index (χ3n) is 3.09. The van der Waals surface area contributed by atoms with Gasteiger partial charge in [-0.05, 0) is 24.3 Å². The van der Waals surface area contributed by atoms with Crippen molar-refractivity contribution in [2.75, 3.05) is 6.54 Å². The van der Waals surface area contributed by atoms with E-state index in [1.807, 2.05) is 44.2 Å². The fourth-order valence-corrected chi connectivity index (χ4v) is 1.86. The summed E-state index contributed by atoms with van der Waals surface area (Å²) in [7, 11) is 0. The average Bonchev–Trinajstić information content (AvgIpc) is 2.53. The highest BCUT2D eigenvalue weighted by atomic mass is 16.4. The molecule has 0 saturated carbocycles. The Morgan fingerprint density at radius 2 is 1.60 bits per heavy atom. The SMILES string of the molecule is CC(C)CC(N)C(=O)NCC(=O)O.NC(Cc1ccccc1)C(=O)O. The van der Waals surface area contributed by atoms with Crippen LogP contribution in [0.25, 0.3) is 0 Å². The third kappa shape index (κ3) is 11.7. The molecule has 7 N–H and O–H groups in total. The van der Waals surface area contributed by atoms with Gasteiger partial charge in [0, 0.05) is 0 Å². The fraction of sp³-hybridized carbons (Fsp3) is 0.471. The van der Waals surface area contributed by atoms with Crippen LogP contribution in [0.3, 0.4) is 0 Å². The minimum atomic E-state index is -1.06. The molecule has 8 nitrogen and oxygen atoms in total. The molecule has 0 spiro atoms. The van der Waals surface area contributed by atoms with Crippen LogP contribution < -0.4 is 16.8 Å². The minimum absolute atomic E-state index is 0.325. The molecule has 140 valence electrons. The maximum Gasteiger partial charge on any atom is 0.322 e. The van der Waals surface area contributed by atoms with Crippen molar-refractivity contribution in [3.63, 3.8) is 0 Å². The lowest BCUT2D eigenvalue weighted by Crippen LogP contribution is -2.43. The summed E-state index contributed by atoms with van der Waals surface area (Å²) < 4.78 is 0. The Balaban J connectivity index is 0.000000462. The first kappa shape index (κ1) is 22.6. The number of carboxylic acid groups (broad SMARTS) is 2. The molecular formula is C17H27N3O5. The molecule has 0 heterocycles. The number of carbonyl (C=O) groups excluding carboxylic acids is 1. The van der Waals surface area contributed by atoms with Crippen molar-refractivity contribution in [3.05, 3.63) is 35.9 Å². The lowest BCUT2D eigenvalue weighted by molar-refractivity contribution is -0.139. The van der Waals surface area contributed by atoms with E-state index < -0.39 is 29.9 Å². The summed E-state index contributed by atoms with van der Waals surface area (Å²) in [5.41, 5.74) is 11.8. The van der Waals surface area contributed by atoms with Gasteiger partial charge in [-0.2, -0.15) is 0 Å². The van der Waals surface area contributed by atoms with Crippen LogP contribution in [0.1, 0.15) is 25.8 Å². The Morgan fingerprint density at radius 1 is 1.04 bits per heavy atom. The van der Waals surface area contributed by atoms with Gasteiger partial charge in [-0.3, -0.25) is 14.4 Å². The first-order valence-electron chi connectivity index (χ1n) is 7.90. The van der Waals surface area contributed by atoms with E-state index in [1.54, 1.807) is 0 Å². The average molecular weight is 353 g/mol. The van der Waals surface area contributed by atoms with Crippen LogP contribution in [-0.4, -0.2) is 46.7 Å². The van der Waals surface area contributed by atoms with Gasteiger partial charge in [-0.25, -0.2) is 0 Å². The third-order valence-corrected chi connectivity index (χ3v) is 3.09. The predicted octanol–water partition coefficient (Wildman–Crippen LogP) is 0.202. The number of carbonyl (C=O) groups is 3. The Morgan fingerprint density at radius 3 is 2.04 bits per heavy atom. The van der Waals surface area contributed by atoms with Gasteiger partial charge in [0.05, 0.1) is 6.04 Å². The van der Waals surface area contributed by atoms with Crippen LogP contribution >= 0.6 is 0 Å². The van der Waals surface area contributed by atoms with E-state index >= 15 is 0 Å². The van der Waals surface area contributed by atoms with Crippen molar-refractivity contribution >= 4 is 17.8 Å². The summed E-state index contributed by atoms with van der Waals surface area (Å²) in [5.74, 6) is -2.11. The number of amides is 1. The number of rotatable bonds is 8. The highest BCUT2D eigenvalue weighted by molar-refractivity contribution is 5.84. The number of hydrogen-bond donors (Lipinski definition) is 5. The Bertz CT molecular complexity index is 548. The first-order chi connectivity index (χ1) is 11.6. The number of benzene rings is 1. The van der Waals surface area contributed by atoms with Gasteiger partial charge in [-0.1, -0.05) is 44.2 Å². The Hall–Kier alpha value is -2.45. The fourth-order valence-electron chi connectivity index (χ4n) is 1.86. The van der Waals surface area contributed by atoms with Crippen LogP contribution in [0.4, 0.5) is 0 Å². The van der Waals surface area contributed by atoms with Gasteiger partial charge in [0.25, 0.3) is 0 Å². The van der Waals surface area contributed by atoms with Gasteiger partial charge in [0.2, 0.25) is 5.91 Å².